The number of urea groups is 1. The minimum Gasteiger partial charge on any atom is -0.469 e. The van der Waals surface area contributed by atoms with Crippen molar-refractivity contribution in [2.75, 3.05) is 12.4 Å². The molecule has 0 bridgehead atoms. The van der Waals surface area contributed by atoms with Gasteiger partial charge in [-0.3, -0.25) is 4.79 Å². The van der Waals surface area contributed by atoms with Crippen molar-refractivity contribution >= 4 is 29.0 Å². The van der Waals surface area contributed by atoms with E-state index >= 15 is 0 Å². The molecule has 0 unspecified atom stereocenters. The van der Waals surface area contributed by atoms with Gasteiger partial charge in [0.1, 0.15) is 11.4 Å². The molecule has 0 aliphatic heterocycles. The Morgan fingerprint density at radius 1 is 1.11 bits per heavy atom. The third-order valence-corrected chi connectivity index (χ3v) is 4.75. The van der Waals surface area contributed by atoms with Crippen LogP contribution < -0.4 is 15.4 Å². The van der Waals surface area contributed by atoms with Gasteiger partial charge in [0.2, 0.25) is 5.88 Å². The molecule has 0 aliphatic rings. The molecule has 2 N–H and O–H groups in total. The first-order valence-corrected chi connectivity index (χ1v) is 9.39. The summed E-state index contributed by atoms with van der Waals surface area (Å²) in [4.78, 5) is 29.3. The zero-order chi connectivity index (χ0) is 19.8. The first-order chi connectivity index (χ1) is 13.7. The van der Waals surface area contributed by atoms with Gasteiger partial charge >= 0.3 is 12.0 Å². The first kappa shape index (κ1) is 19.4. The Morgan fingerprint density at radius 2 is 1.93 bits per heavy atom. The Morgan fingerprint density at radius 3 is 2.64 bits per heavy atom. The Bertz CT molecular complexity index is 916. The summed E-state index contributed by atoms with van der Waals surface area (Å²) in [6.45, 7) is 0. The van der Waals surface area contributed by atoms with E-state index in [0.29, 0.717) is 11.4 Å². The number of nitrogens with one attached hydrogen (secondary N) is 2. The van der Waals surface area contributed by atoms with Crippen LogP contribution in [-0.2, 0) is 9.53 Å². The summed E-state index contributed by atoms with van der Waals surface area (Å²) in [5.74, 6) is 0.462. The lowest BCUT2D eigenvalue weighted by molar-refractivity contribution is -0.141. The van der Waals surface area contributed by atoms with Crippen molar-refractivity contribution in [2.24, 2.45) is 0 Å². The molecule has 8 heteroatoms. The van der Waals surface area contributed by atoms with Gasteiger partial charge in [-0.15, -0.1) is 11.3 Å². The number of para-hydroxylation sites is 1. The number of nitrogens with zero attached hydrogens (tertiary/aromatic N) is 1. The third-order valence-electron chi connectivity index (χ3n) is 3.77. The van der Waals surface area contributed by atoms with Crippen LogP contribution in [0.25, 0.3) is 0 Å². The number of carbonyl (C=O) groups excluding carboxylic acids is 2. The highest BCUT2D eigenvalue weighted by Gasteiger charge is 2.20. The van der Waals surface area contributed by atoms with Crippen molar-refractivity contribution in [3.63, 3.8) is 0 Å². The summed E-state index contributed by atoms with van der Waals surface area (Å²) in [6, 6.07) is 15.3. The summed E-state index contributed by atoms with van der Waals surface area (Å²) in [6.07, 6.45) is 1.61. The number of anilines is 1. The lowest BCUT2D eigenvalue weighted by Gasteiger charge is -2.17. The second-order valence-corrected chi connectivity index (χ2v) is 6.70. The van der Waals surface area contributed by atoms with Gasteiger partial charge in [0.05, 0.1) is 19.6 Å². The number of thiophene rings is 1. The van der Waals surface area contributed by atoms with Gasteiger partial charge in [-0.25, -0.2) is 9.78 Å². The molecule has 0 fully saturated rings. The number of ether oxygens (including phenoxy) is 2. The Kier molecular flexibility index (Phi) is 6.59. The molecule has 2 heterocycles. The van der Waals surface area contributed by atoms with Gasteiger partial charge in [-0.05, 0) is 35.7 Å². The van der Waals surface area contributed by atoms with Crippen LogP contribution in [0.15, 0.2) is 66.2 Å². The topological polar surface area (TPSA) is 89.5 Å². The summed E-state index contributed by atoms with van der Waals surface area (Å²) >= 11 is 1.45. The van der Waals surface area contributed by atoms with Crippen LogP contribution in [0.2, 0.25) is 0 Å². The number of hydrogen-bond acceptors (Lipinski definition) is 6. The minimum atomic E-state index is -0.498. The van der Waals surface area contributed by atoms with Crippen molar-refractivity contribution < 1.29 is 19.1 Å². The minimum absolute atomic E-state index is 0.0326. The molecule has 7 nitrogen and oxygen atoms in total. The molecule has 144 valence electrons. The highest BCUT2D eigenvalue weighted by atomic mass is 32.1. The normalized spacial score (nSPS) is 11.3. The van der Waals surface area contributed by atoms with Crippen LogP contribution in [0.5, 0.6) is 11.6 Å². The summed E-state index contributed by atoms with van der Waals surface area (Å²) in [5.41, 5.74) is 0.409. The predicted octanol–water partition coefficient (Wildman–Crippen LogP) is 4.36. The molecule has 1 atom stereocenters. The lowest BCUT2D eigenvalue weighted by Crippen LogP contribution is -2.33. The number of amides is 2. The standard InChI is InChI=1S/C20H19N3O4S/c1-26-18(24)13-16(17-10-6-12-28-17)23-20(25)22-15-9-5-11-21-19(15)27-14-7-3-2-4-8-14/h2-12,16H,13H2,1H3,(H2,22,23,25)/t16-/m0/s1. The third kappa shape index (κ3) is 5.31. The predicted molar refractivity (Wildman–Crippen MR) is 107 cm³/mol. The van der Waals surface area contributed by atoms with E-state index in [0.717, 1.165) is 4.88 Å². The van der Waals surface area contributed by atoms with Gasteiger partial charge in [-0.2, -0.15) is 0 Å². The Hall–Kier alpha value is -3.39. The maximum Gasteiger partial charge on any atom is 0.319 e. The molecule has 0 saturated heterocycles. The van der Waals surface area contributed by atoms with E-state index in [2.05, 4.69) is 15.6 Å². The molecule has 2 amide bonds. The number of esters is 1. The fourth-order valence-electron chi connectivity index (χ4n) is 2.45. The zero-order valence-corrected chi connectivity index (χ0v) is 15.9. The van der Waals surface area contributed by atoms with Gasteiger partial charge in [0, 0.05) is 11.1 Å². The second-order valence-electron chi connectivity index (χ2n) is 5.72. The molecule has 3 rings (SSSR count). The van der Waals surface area contributed by atoms with Crippen molar-refractivity contribution in [2.45, 2.75) is 12.5 Å². The number of pyridine rings is 1. The van der Waals surface area contributed by atoms with Gasteiger partial charge in [0.15, 0.2) is 0 Å². The lowest BCUT2D eigenvalue weighted by atomic mass is 10.2. The molecular weight excluding hydrogens is 378 g/mol. The molecule has 28 heavy (non-hydrogen) atoms. The van der Waals surface area contributed by atoms with E-state index in [9.17, 15) is 9.59 Å². The second kappa shape index (κ2) is 9.52. The summed E-state index contributed by atoms with van der Waals surface area (Å²) < 4.78 is 10.5. The van der Waals surface area contributed by atoms with E-state index in [-0.39, 0.29) is 12.3 Å². The van der Waals surface area contributed by atoms with Crippen LogP contribution >= 0.6 is 11.3 Å². The molecular formula is C20H19N3O4S. The van der Waals surface area contributed by atoms with E-state index in [1.807, 2.05) is 35.7 Å². The smallest absolute Gasteiger partial charge is 0.319 e. The van der Waals surface area contributed by atoms with Crippen LogP contribution in [0.3, 0.4) is 0 Å². The van der Waals surface area contributed by atoms with Gasteiger partial charge in [-0.1, -0.05) is 24.3 Å². The van der Waals surface area contributed by atoms with Crippen LogP contribution in [0.1, 0.15) is 17.3 Å². The Labute approximate surface area is 166 Å². The molecule has 0 aliphatic carbocycles. The molecule has 0 saturated carbocycles. The average Bonchev–Trinajstić information content (AvgIpc) is 3.24. The molecule has 0 spiro atoms. The molecule has 0 radical (unpaired) electrons. The zero-order valence-electron chi connectivity index (χ0n) is 15.1. The summed E-state index contributed by atoms with van der Waals surface area (Å²) in [5, 5.41) is 7.41. The average molecular weight is 397 g/mol. The highest BCUT2D eigenvalue weighted by molar-refractivity contribution is 7.10. The van der Waals surface area contributed by atoms with Gasteiger partial charge < -0.3 is 20.1 Å². The molecule has 3 aromatic rings. The molecule has 2 aromatic heterocycles. The van der Waals surface area contributed by atoms with Crippen LogP contribution in [0.4, 0.5) is 10.5 Å². The Balaban J connectivity index is 1.70. The first-order valence-electron chi connectivity index (χ1n) is 8.51. The summed E-state index contributed by atoms with van der Waals surface area (Å²) in [7, 11) is 1.32. The van der Waals surface area contributed by atoms with Crippen LogP contribution in [0, 0.1) is 0 Å². The quantitative estimate of drug-likeness (QED) is 0.578. The van der Waals surface area contributed by atoms with E-state index in [1.165, 1.54) is 18.4 Å². The molecule has 1 aromatic carbocycles. The SMILES string of the molecule is COC(=O)C[C@H](NC(=O)Nc1cccnc1Oc1ccccc1)c1cccs1. The van der Waals surface area contributed by atoms with E-state index < -0.39 is 18.0 Å². The number of aromatic nitrogens is 1. The number of rotatable bonds is 7. The van der Waals surface area contributed by atoms with E-state index in [4.69, 9.17) is 9.47 Å². The van der Waals surface area contributed by atoms with Crippen molar-refractivity contribution in [1.82, 2.24) is 10.3 Å². The number of methoxy groups -OCH3 is 1. The number of carbonyl (C=O) groups is 2. The fraction of sp³-hybridized carbons (Fsp3) is 0.150. The fourth-order valence-corrected chi connectivity index (χ4v) is 3.22. The van der Waals surface area contributed by atoms with Crippen LogP contribution in [-0.4, -0.2) is 24.1 Å². The van der Waals surface area contributed by atoms with Crippen molar-refractivity contribution in [3.05, 3.63) is 71.1 Å². The van der Waals surface area contributed by atoms with Crippen molar-refractivity contribution in [3.8, 4) is 11.6 Å². The monoisotopic (exact) mass is 397 g/mol. The van der Waals surface area contributed by atoms with E-state index in [1.54, 1.807) is 30.5 Å². The number of hydrogen-bond donors (Lipinski definition) is 2. The maximum atomic E-state index is 12.5. The largest absolute Gasteiger partial charge is 0.469 e. The van der Waals surface area contributed by atoms with Crippen molar-refractivity contribution in [1.29, 1.82) is 0 Å². The van der Waals surface area contributed by atoms with Gasteiger partial charge in [0.25, 0.3) is 0 Å². The highest BCUT2D eigenvalue weighted by Crippen LogP contribution is 2.27. The number of benzene rings is 1. The maximum absolute atomic E-state index is 12.5.